The van der Waals surface area contributed by atoms with E-state index in [2.05, 4.69) is 20.1 Å². The monoisotopic (exact) mass is 315 g/mol. The Kier molecular flexibility index (Phi) is 5.97. The third kappa shape index (κ3) is 6.61. The van der Waals surface area contributed by atoms with E-state index in [-0.39, 0.29) is 19.0 Å². The van der Waals surface area contributed by atoms with Gasteiger partial charge >= 0.3 is 6.09 Å². The summed E-state index contributed by atoms with van der Waals surface area (Å²) in [5.74, 6) is -0.326. The highest BCUT2D eigenvalue weighted by Gasteiger charge is 2.06. The fraction of sp³-hybridized carbons (Fsp3) is 0.333. The maximum absolute atomic E-state index is 11.8. The first-order chi connectivity index (χ1) is 9.81. The summed E-state index contributed by atoms with van der Waals surface area (Å²) in [5.41, 5.74) is 0.758. The Hall–Kier alpha value is -2.29. The van der Waals surface area contributed by atoms with Gasteiger partial charge in [-0.25, -0.2) is 13.2 Å². The van der Waals surface area contributed by atoms with Crippen LogP contribution in [0.5, 0.6) is 0 Å². The van der Waals surface area contributed by atoms with Gasteiger partial charge in [-0.15, -0.1) is 0 Å². The summed E-state index contributed by atoms with van der Waals surface area (Å²) in [6.45, 7) is 0.489. The summed E-state index contributed by atoms with van der Waals surface area (Å²) in [6.07, 6.45) is 0.475. The molecule has 1 rings (SSSR count). The van der Waals surface area contributed by atoms with Crippen LogP contribution in [0.3, 0.4) is 0 Å². The normalized spacial score (nSPS) is 10.6. The molecule has 1 aromatic carbocycles. The van der Waals surface area contributed by atoms with Crippen LogP contribution in [-0.2, 0) is 14.8 Å². The fourth-order valence-corrected chi connectivity index (χ4v) is 1.98. The van der Waals surface area contributed by atoms with E-state index in [0.29, 0.717) is 11.3 Å². The van der Waals surface area contributed by atoms with Crippen molar-refractivity contribution in [1.29, 1.82) is 0 Å². The molecule has 0 aliphatic carbocycles. The Morgan fingerprint density at radius 2 is 1.67 bits per heavy atom. The standard InChI is InChI=1S/C12H17N3O5S/c1-20-12(17)14-8-7-13-11(16)9-3-5-10(6-4-9)15-21(2,18)19/h3-6,15H,7-8H2,1-2H3,(H,13,16)(H,14,17). The number of sulfonamides is 1. The first-order valence-electron chi connectivity index (χ1n) is 5.99. The lowest BCUT2D eigenvalue weighted by atomic mass is 10.2. The maximum atomic E-state index is 11.8. The van der Waals surface area contributed by atoms with Crippen LogP contribution >= 0.6 is 0 Å². The minimum atomic E-state index is -3.34. The number of methoxy groups -OCH3 is 1. The van der Waals surface area contributed by atoms with Gasteiger partial charge in [0.15, 0.2) is 0 Å². The van der Waals surface area contributed by atoms with Gasteiger partial charge in [0.2, 0.25) is 10.0 Å². The Morgan fingerprint density at radius 1 is 1.10 bits per heavy atom. The summed E-state index contributed by atoms with van der Waals surface area (Å²) in [6, 6.07) is 5.97. The van der Waals surface area contributed by atoms with Crippen LogP contribution in [0.1, 0.15) is 10.4 Å². The van der Waals surface area contributed by atoms with E-state index < -0.39 is 16.1 Å². The zero-order valence-corrected chi connectivity index (χ0v) is 12.5. The Bertz CT molecular complexity index is 598. The highest BCUT2D eigenvalue weighted by Crippen LogP contribution is 2.10. The largest absolute Gasteiger partial charge is 0.453 e. The molecule has 3 N–H and O–H groups in total. The van der Waals surface area contributed by atoms with Crippen LogP contribution < -0.4 is 15.4 Å². The molecule has 0 bridgehead atoms. The molecule has 0 aliphatic heterocycles. The molecular weight excluding hydrogens is 298 g/mol. The molecule has 0 unspecified atom stereocenters. The van der Waals surface area contributed by atoms with Crippen molar-refractivity contribution in [2.45, 2.75) is 0 Å². The number of hydrogen-bond donors (Lipinski definition) is 3. The molecule has 0 radical (unpaired) electrons. The number of nitrogens with one attached hydrogen (secondary N) is 3. The van der Waals surface area contributed by atoms with Gasteiger partial charge in [-0.3, -0.25) is 9.52 Å². The quantitative estimate of drug-likeness (QED) is 0.646. The summed E-state index contributed by atoms with van der Waals surface area (Å²) in [5, 5.41) is 5.02. The number of carbonyl (C=O) groups excluding carboxylic acids is 2. The first kappa shape index (κ1) is 16.8. The third-order valence-electron chi connectivity index (χ3n) is 2.32. The van der Waals surface area contributed by atoms with E-state index in [0.717, 1.165) is 6.26 Å². The van der Waals surface area contributed by atoms with Gasteiger partial charge < -0.3 is 15.4 Å². The van der Waals surface area contributed by atoms with Gasteiger partial charge in [0.25, 0.3) is 5.91 Å². The van der Waals surface area contributed by atoms with Crippen LogP contribution in [0, 0.1) is 0 Å². The van der Waals surface area contributed by atoms with Crippen LogP contribution in [0.25, 0.3) is 0 Å². The van der Waals surface area contributed by atoms with Crippen LogP contribution in [0.4, 0.5) is 10.5 Å². The zero-order chi connectivity index (χ0) is 15.9. The molecule has 2 amide bonds. The lowest BCUT2D eigenvalue weighted by Gasteiger charge is -2.07. The Labute approximate surface area is 122 Å². The smallest absolute Gasteiger partial charge is 0.406 e. The number of hydrogen-bond acceptors (Lipinski definition) is 5. The van der Waals surface area contributed by atoms with Gasteiger partial charge in [0.1, 0.15) is 0 Å². The van der Waals surface area contributed by atoms with E-state index in [4.69, 9.17) is 0 Å². The highest BCUT2D eigenvalue weighted by molar-refractivity contribution is 7.92. The predicted octanol–water partition coefficient (Wildman–Crippen LogP) is 0.144. The van der Waals surface area contributed by atoms with Gasteiger partial charge in [-0.1, -0.05) is 0 Å². The predicted molar refractivity (Wildman–Crippen MR) is 77.6 cm³/mol. The second-order valence-electron chi connectivity index (χ2n) is 4.13. The second-order valence-corrected chi connectivity index (χ2v) is 5.87. The average molecular weight is 315 g/mol. The molecule has 9 heteroatoms. The van der Waals surface area contributed by atoms with Gasteiger partial charge in [-0.2, -0.15) is 0 Å². The maximum Gasteiger partial charge on any atom is 0.406 e. The summed E-state index contributed by atoms with van der Waals surface area (Å²) in [7, 11) is -2.09. The third-order valence-corrected chi connectivity index (χ3v) is 2.92. The Balaban J connectivity index is 2.46. The number of rotatable bonds is 6. The molecule has 0 aliphatic rings. The zero-order valence-electron chi connectivity index (χ0n) is 11.7. The molecule has 0 spiro atoms. The number of carbonyl (C=O) groups is 2. The summed E-state index contributed by atoms with van der Waals surface area (Å²) in [4.78, 5) is 22.5. The highest BCUT2D eigenvalue weighted by atomic mass is 32.2. The van der Waals surface area contributed by atoms with Gasteiger partial charge in [0, 0.05) is 24.3 Å². The summed E-state index contributed by atoms with van der Waals surface area (Å²) < 4.78 is 28.8. The molecule has 0 atom stereocenters. The number of ether oxygens (including phenoxy) is 1. The second kappa shape index (κ2) is 7.48. The van der Waals surface area contributed by atoms with Crippen LogP contribution in [0.2, 0.25) is 0 Å². The van der Waals surface area contributed by atoms with Crippen molar-refractivity contribution >= 4 is 27.7 Å². The fourth-order valence-electron chi connectivity index (χ4n) is 1.42. The molecule has 0 heterocycles. The summed E-state index contributed by atoms with van der Waals surface area (Å²) >= 11 is 0. The molecule has 0 saturated heterocycles. The number of benzene rings is 1. The van der Waals surface area contributed by atoms with Crippen molar-refractivity contribution in [3.63, 3.8) is 0 Å². The van der Waals surface area contributed by atoms with E-state index in [1.54, 1.807) is 0 Å². The van der Waals surface area contributed by atoms with Crippen molar-refractivity contribution in [3.05, 3.63) is 29.8 Å². The minimum Gasteiger partial charge on any atom is -0.453 e. The molecular formula is C12H17N3O5S. The molecule has 0 fully saturated rings. The molecule has 8 nitrogen and oxygen atoms in total. The Morgan fingerprint density at radius 3 is 2.19 bits per heavy atom. The van der Waals surface area contributed by atoms with E-state index in [1.807, 2.05) is 0 Å². The number of amides is 2. The molecule has 116 valence electrons. The lowest BCUT2D eigenvalue weighted by molar-refractivity contribution is 0.0953. The molecule has 0 saturated carbocycles. The van der Waals surface area contributed by atoms with E-state index in [9.17, 15) is 18.0 Å². The topological polar surface area (TPSA) is 114 Å². The van der Waals surface area contributed by atoms with Gasteiger partial charge in [0.05, 0.1) is 13.4 Å². The molecule has 21 heavy (non-hydrogen) atoms. The van der Waals surface area contributed by atoms with Crippen molar-refractivity contribution in [1.82, 2.24) is 10.6 Å². The van der Waals surface area contributed by atoms with Crippen molar-refractivity contribution in [2.75, 3.05) is 31.2 Å². The lowest BCUT2D eigenvalue weighted by Crippen LogP contribution is -2.34. The number of anilines is 1. The van der Waals surface area contributed by atoms with Crippen LogP contribution in [0.15, 0.2) is 24.3 Å². The average Bonchev–Trinajstić information content (AvgIpc) is 2.42. The molecule has 1 aromatic rings. The number of alkyl carbamates (subject to hydrolysis) is 1. The van der Waals surface area contributed by atoms with E-state index in [1.165, 1.54) is 31.4 Å². The van der Waals surface area contributed by atoms with Crippen LogP contribution in [-0.4, -0.2) is 46.9 Å². The van der Waals surface area contributed by atoms with Gasteiger partial charge in [-0.05, 0) is 24.3 Å². The first-order valence-corrected chi connectivity index (χ1v) is 7.89. The molecule has 0 aromatic heterocycles. The SMILES string of the molecule is COC(=O)NCCNC(=O)c1ccc(NS(C)(=O)=O)cc1. The van der Waals surface area contributed by atoms with Crippen molar-refractivity contribution in [2.24, 2.45) is 0 Å². The van der Waals surface area contributed by atoms with E-state index >= 15 is 0 Å². The van der Waals surface area contributed by atoms with Crippen molar-refractivity contribution in [3.8, 4) is 0 Å². The minimum absolute atomic E-state index is 0.242. The van der Waals surface area contributed by atoms with Crippen molar-refractivity contribution < 1.29 is 22.7 Å².